The first kappa shape index (κ1) is 14.6. The second kappa shape index (κ2) is 5.83. The van der Waals surface area contributed by atoms with Crippen LogP contribution < -0.4 is 5.63 Å². The van der Waals surface area contributed by atoms with Gasteiger partial charge >= 0.3 is 5.63 Å². The van der Waals surface area contributed by atoms with Crippen LogP contribution in [-0.2, 0) is 0 Å². The van der Waals surface area contributed by atoms with Crippen LogP contribution in [0.15, 0.2) is 51.7 Å². The summed E-state index contributed by atoms with van der Waals surface area (Å²) in [6, 6.07) is 11.3. The zero-order valence-electron chi connectivity index (χ0n) is 11.1. The second-order valence-electron chi connectivity index (χ2n) is 4.54. The lowest BCUT2D eigenvalue weighted by atomic mass is 10.1. The Hall–Kier alpha value is -2.30. The lowest BCUT2D eigenvalue weighted by Crippen LogP contribution is -2.06. The van der Waals surface area contributed by atoms with Gasteiger partial charge in [-0.1, -0.05) is 23.2 Å². The molecule has 0 saturated carbocycles. The Balaban J connectivity index is 2.09. The molecule has 110 valence electrons. The third-order valence-electron chi connectivity index (χ3n) is 2.99. The molecule has 0 aliphatic carbocycles. The minimum Gasteiger partial charge on any atom is -0.507 e. The molecule has 0 atom stereocenters. The molecule has 0 aliphatic heterocycles. The van der Waals surface area contributed by atoms with Crippen LogP contribution in [0.4, 0.5) is 0 Å². The van der Waals surface area contributed by atoms with Crippen molar-refractivity contribution in [3.8, 4) is 0 Å². The third-order valence-corrected chi connectivity index (χ3v) is 3.47. The van der Waals surface area contributed by atoms with Crippen molar-refractivity contribution < 1.29 is 9.52 Å². The van der Waals surface area contributed by atoms with Crippen LogP contribution in [0.5, 0.6) is 0 Å². The smallest absolute Gasteiger partial charge is 0.362 e. The van der Waals surface area contributed by atoms with Crippen molar-refractivity contribution in [1.29, 1.82) is 0 Å². The Bertz CT molecular complexity index is 930. The Morgan fingerprint density at radius 2 is 1.77 bits per heavy atom. The Morgan fingerprint density at radius 1 is 1.09 bits per heavy atom. The first-order chi connectivity index (χ1) is 10.5. The number of hydrogen-bond acceptors (Lipinski definition) is 4. The molecule has 0 aliphatic rings. The van der Waals surface area contributed by atoms with E-state index in [-0.39, 0.29) is 11.5 Å². The van der Waals surface area contributed by atoms with Gasteiger partial charge in [0, 0.05) is 21.7 Å². The van der Waals surface area contributed by atoms with Gasteiger partial charge in [0.15, 0.2) is 11.3 Å². The van der Waals surface area contributed by atoms with Gasteiger partial charge in [0.05, 0.1) is 0 Å². The maximum Gasteiger partial charge on any atom is 0.362 e. The molecule has 0 bridgehead atoms. The van der Waals surface area contributed by atoms with E-state index >= 15 is 0 Å². The maximum atomic E-state index is 11.9. The molecule has 0 unspecified atom stereocenters. The van der Waals surface area contributed by atoms with Crippen LogP contribution in [0.3, 0.4) is 0 Å². The van der Waals surface area contributed by atoms with Gasteiger partial charge in [-0.3, -0.25) is 0 Å². The summed E-state index contributed by atoms with van der Waals surface area (Å²) in [5, 5.41) is 11.1. The van der Waals surface area contributed by atoms with Gasteiger partial charge in [-0.2, -0.15) is 0 Å². The Kier molecular flexibility index (Phi) is 3.88. The number of rotatable bonds is 2. The first-order valence-corrected chi connectivity index (χ1v) is 7.05. The molecule has 1 N–H and O–H groups in total. The summed E-state index contributed by atoms with van der Waals surface area (Å²) < 4.78 is 5.15. The van der Waals surface area contributed by atoms with Gasteiger partial charge < -0.3 is 9.52 Å². The number of aliphatic hydroxyl groups excluding tert-OH is 1. The summed E-state index contributed by atoms with van der Waals surface area (Å²) in [5.41, 5.74) is 0.620. The van der Waals surface area contributed by atoms with Crippen molar-refractivity contribution in [3.63, 3.8) is 0 Å². The number of halogens is 2. The number of fused-ring (bicyclic) bond motifs is 1. The number of nitrogens with zero attached hydrogens (tertiary/aromatic N) is 1. The van der Waals surface area contributed by atoms with E-state index in [1.807, 2.05) is 0 Å². The zero-order chi connectivity index (χ0) is 15.7. The average molecular weight is 334 g/mol. The highest BCUT2D eigenvalue weighted by Crippen LogP contribution is 2.19. The maximum absolute atomic E-state index is 11.9. The van der Waals surface area contributed by atoms with Crippen molar-refractivity contribution in [2.24, 2.45) is 0 Å². The fourth-order valence-corrected chi connectivity index (χ4v) is 2.21. The quantitative estimate of drug-likeness (QED) is 0.698. The van der Waals surface area contributed by atoms with E-state index in [1.165, 1.54) is 6.08 Å². The Labute approximate surface area is 135 Å². The van der Waals surface area contributed by atoms with E-state index in [9.17, 15) is 9.90 Å². The van der Waals surface area contributed by atoms with Crippen LogP contribution in [0.2, 0.25) is 10.0 Å². The molecule has 4 nitrogen and oxygen atoms in total. The van der Waals surface area contributed by atoms with Gasteiger partial charge in [-0.25, -0.2) is 9.78 Å². The predicted molar refractivity (Wildman–Crippen MR) is 87.2 cm³/mol. The van der Waals surface area contributed by atoms with Gasteiger partial charge in [-0.15, -0.1) is 0 Å². The van der Waals surface area contributed by atoms with E-state index in [0.717, 1.165) is 0 Å². The van der Waals surface area contributed by atoms with Crippen LogP contribution in [0.1, 0.15) is 11.3 Å². The number of aromatic nitrogens is 1. The lowest BCUT2D eigenvalue weighted by Gasteiger charge is -2.01. The topological polar surface area (TPSA) is 63.3 Å². The largest absolute Gasteiger partial charge is 0.507 e. The van der Waals surface area contributed by atoms with Crippen LogP contribution >= 0.6 is 23.2 Å². The molecule has 6 heteroatoms. The summed E-state index contributed by atoms with van der Waals surface area (Å²) in [6.45, 7) is 0. The molecular weight excluding hydrogens is 325 g/mol. The summed E-state index contributed by atoms with van der Waals surface area (Å²) in [7, 11) is 0. The van der Waals surface area contributed by atoms with Crippen molar-refractivity contribution in [3.05, 3.63) is 74.2 Å². The minimum atomic E-state index is -0.643. The molecule has 2 aromatic carbocycles. The fourth-order valence-electron chi connectivity index (χ4n) is 1.92. The van der Waals surface area contributed by atoms with E-state index in [2.05, 4.69) is 4.98 Å². The number of benzene rings is 2. The SMILES string of the molecule is O=c1oc2ccc(Cl)cc2nc1C=C(O)c1ccc(Cl)cc1. The lowest BCUT2D eigenvalue weighted by molar-refractivity contribution is 0.514. The van der Waals surface area contributed by atoms with E-state index in [0.29, 0.717) is 26.7 Å². The second-order valence-corrected chi connectivity index (χ2v) is 5.41. The zero-order valence-corrected chi connectivity index (χ0v) is 12.6. The third kappa shape index (κ3) is 2.98. The van der Waals surface area contributed by atoms with Crippen LogP contribution in [-0.4, -0.2) is 10.1 Å². The van der Waals surface area contributed by atoms with Gasteiger partial charge in [-0.05, 0) is 42.5 Å². The standard InChI is InChI=1S/C16H9Cl2NO3/c17-10-3-1-9(2-4-10)14(20)8-13-16(21)22-15-6-5-11(18)7-12(15)19-13/h1-8,20H. The highest BCUT2D eigenvalue weighted by Gasteiger charge is 2.08. The van der Waals surface area contributed by atoms with Gasteiger partial charge in [0.2, 0.25) is 0 Å². The van der Waals surface area contributed by atoms with E-state index in [4.69, 9.17) is 27.6 Å². The fraction of sp³-hybridized carbons (Fsp3) is 0. The van der Waals surface area contributed by atoms with E-state index in [1.54, 1.807) is 42.5 Å². The monoisotopic (exact) mass is 333 g/mol. The highest BCUT2D eigenvalue weighted by atomic mass is 35.5. The molecule has 0 radical (unpaired) electrons. The molecule has 0 amide bonds. The summed E-state index contributed by atoms with van der Waals surface area (Å²) in [6.07, 6.45) is 1.25. The molecule has 22 heavy (non-hydrogen) atoms. The highest BCUT2D eigenvalue weighted by molar-refractivity contribution is 6.31. The van der Waals surface area contributed by atoms with E-state index < -0.39 is 5.63 Å². The first-order valence-electron chi connectivity index (χ1n) is 6.30. The van der Waals surface area contributed by atoms with Crippen molar-refractivity contribution >= 4 is 46.1 Å². The van der Waals surface area contributed by atoms with Crippen molar-refractivity contribution in [2.75, 3.05) is 0 Å². The number of aliphatic hydroxyl groups is 1. The van der Waals surface area contributed by atoms with Crippen molar-refractivity contribution in [2.45, 2.75) is 0 Å². The molecule has 1 heterocycles. The molecule has 0 saturated heterocycles. The summed E-state index contributed by atoms with van der Waals surface area (Å²) >= 11 is 11.7. The molecule has 3 aromatic rings. The van der Waals surface area contributed by atoms with Crippen LogP contribution in [0, 0.1) is 0 Å². The number of hydrogen-bond donors (Lipinski definition) is 1. The summed E-state index contributed by atoms with van der Waals surface area (Å²) in [4.78, 5) is 16.1. The molecule has 0 fully saturated rings. The van der Waals surface area contributed by atoms with Gasteiger partial charge in [0.25, 0.3) is 0 Å². The van der Waals surface area contributed by atoms with Crippen molar-refractivity contribution in [1.82, 2.24) is 4.98 Å². The molecule has 3 rings (SSSR count). The molecule has 1 aromatic heterocycles. The molecule has 0 spiro atoms. The minimum absolute atomic E-state index is 0.0118. The molecular formula is C16H9Cl2NO3. The average Bonchev–Trinajstić information content (AvgIpc) is 2.49. The Morgan fingerprint density at radius 3 is 2.50 bits per heavy atom. The van der Waals surface area contributed by atoms with Gasteiger partial charge in [0.1, 0.15) is 11.3 Å². The normalized spacial score (nSPS) is 11.8. The predicted octanol–water partition coefficient (Wildman–Crippen LogP) is 4.55. The van der Waals surface area contributed by atoms with Crippen LogP contribution in [0.25, 0.3) is 22.9 Å². The summed E-state index contributed by atoms with van der Waals surface area (Å²) in [5.74, 6) is -0.113.